The molecule has 0 radical (unpaired) electrons. The Kier molecular flexibility index (Phi) is 7.20. The summed E-state index contributed by atoms with van der Waals surface area (Å²) < 4.78 is 6.00. The van der Waals surface area contributed by atoms with Gasteiger partial charge in [0.25, 0.3) is 0 Å². The van der Waals surface area contributed by atoms with Gasteiger partial charge in [-0.2, -0.15) is 0 Å². The number of rotatable bonds is 10. The molecule has 0 aromatic rings. The average molecular weight is 256 g/mol. The van der Waals surface area contributed by atoms with E-state index in [-0.39, 0.29) is 0 Å². The summed E-state index contributed by atoms with van der Waals surface area (Å²) in [5.74, 6) is 0. The van der Waals surface area contributed by atoms with Crippen molar-refractivity contribution in [2.75, 3.05) is 19.7 Å². The molecule has 0 amide bonds. The fourth-order valence-electron chi connectivity index (χ4n) is 2.34. The third-order valence-corrected chi connectivity index (χ3v) is 3.70. The zero-order chi connectivity index (χ0) is 13.5. The van der Waals surface area contributed by atoms with E-state index in [4.69, 9.17) is 4.74 Å². The summed E-state index contributed by atoms with van der Waals surface area (Å²) in [5, 5.41) is 3.55. The molecule has 18 heavy (non-hydrogen) atoms. The number of ether oxygens (including phenoxy) is 1. The Morgan fingerprint density at radius 2 is 1.78 bits per heavy atom. The van der Waals surface area contributed by atoms with Crippen LogP contribution in [-0.2, 0) is 4.74 Å². The summed E-state index contributed by atoms with van der Waals surface area (Å²) in [6.45, 7) is 14.1. The molecule has 1 unspecified atom stereocenters. The largest absolute Gasteiger partial charge is 0.376 e. The molecule has 0 aromatic carbocycles. The van der Waals surface area contributed by atoms with E-state index in [9.17, 15) is 0 Å². The topological polar surface area (TPSA) is 24.5 Å². The Labute approximate surface area is 113 Å². The van der Waals surface area contributed by atoms with Crippen LogP contribution in [0.5, 0.6) is 0 Å². The van der Waals surface area contributed by atoms with E-state index in [2.05, 4.69) is 44.8 Å². The second-order valence-electron chi connectivity index (χ2n) is 6.01. The van der Waals surface area contributed by atoms with E-state index in [1.165, 1.54) is 12.8 Å². The molecule has 1 rings (SSSR count). The summed E-state index contributed by atoms with van der Waals surface area (Å²) in [7, 11) is 0. The zero-order valence-electron chi connectivity index (χ0n) is 12.9. The highest BCUT2D eigenvalue weighted by Crippen LogP contribution is 2.18. The SMILES string of the molecule is CCC(CNC1CC1)OCCN(C(C)C)C(C)C. The van der Waals surface area contributed by atoms with Crippen LogP contribution in [0.2, 0.25) is 0 Å². The molecule has 1 atom stereocenters. The minimum Gasteiger partial charge on any atom is -0.376 e. The van der Waals surface area contributed by atoms with Gasteiger partial charge in [-0.3, -0.25) is 4.90 Å². The lowest BCUT2D eigenvalue weighted by Crippen LogP contribution is -2.40. The smallest absolute Gasteiger partial charge is 0.0697 e. The Morgan fingerprint density at radius 3 is 2.22 bits per heavy atom. The highest BCUT2D eigenvalue weighted by atomic mass is 16.5. The van der Waals surface area contributed by atoms with Gasteiger partial charge in [-0.05, 0) is 47.0 Å². The maximum atomic E-state index is 6.00. The third-order valence-electron chi connectivity index (χ3n) is 3.70. The van der Waals surface area contributed by atoms with Crippen molar-refractivity contribution in [1.82, 2.24) is 10.2 Å². The standard InChI is InChI=1S/C15H32N2O/c1-6-15(11-16-14-7-8-14)18-10-9-17(12(2)3)13(4)5/h12-16H,6-11H2,1-5H3. The first-order valence-corrected chi connectivity index (χ1v) is 7.65. The predicted molar refractivity (Wildman–Crippen MR) is 78.0 cm³/mol. The first kappa shape index (κ1) is 15.9. The number of nitrogens with one attached hydrogen (secondary N) is 1. The summed E-state index contributed by atoms with van der Waals surface area (Å²) in [4.78, 5) is 2.49. The van der Waals surface area contributed by atoms with E-state index in [1.807, 2.05) is 0 Å². The van der Waals surface area contributed by atoms with Gasteiger partial charge in [0, 0.05) is 31.2 Å². The fourth-order valence-corrected chi connectivity index (χ4v) is 2.34. The normalized spacial score (nSPS) is 18.0. The quantitative estimate of drug-likeness (QED) is 0.650. The first-order valence-electron chi connectivity index (χ1n) is 7.65. The Hall–Kier alpha value is -0.120. The van der Waals surface area contributed by atoms with Crippen LogP contribution in [-0.4, -0.2) is 48.8 Å². The van der Waals surface area contributed by atoms with Gasteiger partial charge in [0.05, 0.1) is 12.7 Å². The molecule has 0 heterocycles. The van der Waals surface area contributed by atoms with Gasteiger partial charge in [0.2, 0.25) is 0 Å². The molecule has 1 saturated carbocycles. The van der Waals surface area contributed by atoms with Gasteiger partial charge in [0.1, 0.15) is 0 Å². The van der Waals surface area contributed by atoms with Gasteiger partial charge in [-0.1, -0.05) is 6.92 Å². The molecule has 0 saturated heterocycles. The van der Waals surface area contributed by atoms with Gasteiger partial charge in [-0.15, -0.1) is 0 Å². The van der Waals surface area contributed by atoms with Gasteiger partial charge >= 0.3 is 0 Å². The minimum atomic E-state index is 0.381. The highest BCUT2D eigenvalue weighted by Gasteiger charge is 2.21. The van der Waals surface area contributed by atoms with Crippen LogP contribution >= 0.6 is 0 Å². The van der Waals surface area contributed by atoms with Crippen LogP contribution < -0.4 is 5.32 Å². The van der Waals surface area contributed by atoms with Crippen LogP contribution in [0, 0.1) is 0 Å². The van der Waals surface area contributed by atoms with Gasteiger partial charge in [-0.25, -0.2) is 0 Å². The summed E-state index contributed by atoms with van der Waals surface area (Å²) in [6, 6.07) is 1.97. The molecule has 1 aliphatic carbocycles. The van der Waals surface area contributed by atoms with E-state index in [0.29, 0.717) is 18.2 Å². The van der Waals surface area contributed by atoms with Crippen molar-refractivity contribution in [3.8, 4) is 0 Å². The molecule has 0 aliphatic heterocycles. The Bertz CT molecular complexity index is 207. The van der Waals surface area contributed by atoms with Crippen molar-refractivity contribution < 1.29 is 4.74 Å². The second-order valence-corrected chi connectivity index (χ2v) is 6.01. The number of hydrogen-bond donors (Lipinski definition) is 1. The fraction of sp³-hybridized carbons (Fsp3) is 1.00. The number of hydrogen-bond acceptors (Lipinski definition) is 3. The van der Waals surface area contributed by atoms with Crippen molar-refractivity contribution in [2.24, 2.45) is 0 Å². The lowest BCUT2D eigenvalue weighted by molar-refractivity contribution is 0.0238. The van der Waals surface area contributed by atoms with E-state index >= 15 is 0 Å². The molecule has 108 valence electrons. The van der Waals surface area contributed by atoms with Crippen molar-refractivity contribution in [3.05, 3.63) is 0 Å². The van der Waals surface area contributed by atoms with Crippen molar-refractivity contribution >= 4 is 0 Å². The van der Waals surface area contributed by atoms with E-state index < -0.39 is 0 Å². The molecular formula is C15H32N2O. The minimum absolute atomic E-state index is 0.381. The van der Waals surface area contributed by atoms with Gasteiger partial charge < -0.3 is 10.1 Å². The van der Waals surface area contributed by atoms with Crippen LogP contribution in [0.15, 0.2) is 0 Å². The zero-order valence-corrected chi connectivity index (χ0v) is 12.9. The molecule has 1 fully saturated rings. The Balaban J connectivity index is 2.15. The molecule has 1 N–H and O–H groups in total. The molecule has 1 aliphatic rings. The molecule has 3 nitrogen and oxygen atoms in total. The third kappa shape index (κ3) is 6.17. The maximum Gasteiger partial charge on any atom is 0.0697 e. The summed E-state index contributed by atoms with van der Waals surface area (Å²) >= 11 is 0. The van der Waals surface area contributed by atoms with Crippen molar-refractivity contribution in [1.29, 1.82) is 0 Å². The average Bonchev–Trinajstić information content (AvgIpc) is 3.11. The predicted octanol–water partition coefficient (Wildman–Crippen LogP) is 2.65. The van der Waals surface area contributed by atoms with Crippen LogP contribution in [0.3, 0.4) is 0 Å². The molecule has 0 aromatic heterocycles. The van der Waals surface area contributed by atoms with E-state index in [1.54, 1.807) is 0 Å². The summed E-state index contributed by atoms with van der Waals surface area (Å²) in [5.41, 5.74) is 0. The highest BCUT2D eigenvalue weighted by molar-refractivity contribution is 4.81. The Morgan fingerprint density at radius 1 is 1.17 bits per heavy atom. The van der Waals surface area contributed by atoms with E-state index in [0.717, 1.165) is 32.2 Å². The summed E-state index contributed by atoms with van der Waals surface area (Å²) in [6.07, 6.45) is 4.19. The maximum absolute atomic E-state index is 6.00. The lowest BCUT2D eigenvalue weighted by atomic mass is 10.2. The van der Waals surface area contributed by atoms with Crippen LogP contribution in [0.1, 0.15) is 53.9 Å². The molecule has 0 spiro atoms. The van der Waals surface area contributed by atoms with Gasteiger partial charge in [0.15, 0.2) is 0 Å². The molecule has 0 bridgehead atoms. The monoisotopic (exact) mass is 256 g/mol. The van der Waals surface area contributed by atoms with Crippen LogP contribution in [0.25, 0.3) is 0 Å². The van der Waals surface area contributed by atoms with Crippen molar-refractivity contribution in [3.63, 3.8) is 0 Å². The molecule has 3 heteroatoms. The van der Waals surface area contributed by atoms with Crippen LogP contribution in [0.4, 0.5) is 0 Å². The first-order chi connectivity index (χ1) is 8.54. The second kappa shape index (κ2) is 8.13. The molecular weight excluding hydrogens is 224 g/mol. The number of nitrogens with zero attached hydrogens (tertiary/aromatic N) is 1. The van der Waals surface area contributed by atoms with Crippen molar-refractivity contribution in [2.45, 2.75) is 78.1 Å². The lowest BCUT2D eigenvalue weighted by Gasteiger charge is -2.31.